The van der Waals surface area contributed by atoms with E-state index in [4.69, 9.17) is 0 Å². The van der Waals surface area contributed by atoms with Gasteiger partial charge in [0.2, 0.25) is 0 Å². The van der Waals surface area contributed by atoms with Crippen LogP contribution in [0.5, 0.6) is 0 Å². The molecule has 11 heavy (non-hydrogen) atoms. The zero-order valence-electron chi connectivity index (χ0n) is 6.22. The minimum absolute atomic E-state index is 0.188. The number of methoxy groups -OCH3 is 2. The van der Waals surface area contributed by atoms with Gasteiger partial charge in [0.1, 0.15) is 13.5 Å². The highest BCUT2D eigenvalue weighted by atomic mass is 32.3. The first kappa shape index (κ1) is 11.0. The molecule has 0 fully saturated rings. The first-order chi connectivity index (χ1) is 5.02. The van der Waals surface area contributed by atoms with Crippen molar-refractivity contribution in [1.29, 1.82) is 0 Å². The summed E-state index contributed by atoms with van der Waals surface area (Å²) in [7, 11) is 2.40. The zero-order chi connectivity index (χ0) is 8.91. The molecule has 0 spiro atoms. The summed E-state index contributed by atoms with van der Waals surface area (Å²) in [6, 6.07) is 0. The summed E-state index contributed by atoms with van der Waals surface area (Å²) in [6.45, 7) is -0.959. The molecule has 0 aromatic carbocycles. The van der Waals surface area contributed by atoms with Gasteiger partial charge >= 0.3 is 0 Å². The Bertz CT molecular complexity index is 104. The number of nitrogens with zero attached hydrogens (tertiary/aromatic N) is 1. The summed E-state index contributed by atoms with van der Waals surface area (Å²) in [6.07, 6.45) is 0. The van der Waals surface area contributed by atoms with Crippen molar-refractivity contribution < 1.29 is 21.1 Å². The van der Waals surface area contributed by atoms with Gasteiger partial charge in [-0.3, -0.25) is 0 Å². The summed E-state index contributed by atoms with van der Waals surface area (Å²) in [5.74, 6) is 0. The van der Waals surface area contributed by atoms with Crippen molar-refractivity contribution in [1.82, 2.24) is 4.31 Å². The molecule has 0 aliphatic heterocycles. The molecule has 0 aliphatic carbocycles. The van der Waals surface area contributed by atoms with Crippen molar-refractivity contribution in [2.75, 3.05) is 27.7 Å². The third-order valence-electron chi connectivity index (χ3n) is 0.839. The van der Waals surface area contributed by atoms with Crippen molar-refractivity contribution in [2.45, 2.75) is 0 Å². The molecule has 0 saturated carbocycles. The molecule has 7 heteroatoms. The summed E-state index contributed by atoms with van der Waals surface area (Å²) in [5, 5.41) is 0. The van der Waals surface area contributed by atoms with Gasteiger partial charge in [-0.05, 0) is 0 Å². The van der Waals surface area contributed by atoms with E-state index in [9.17, 15) is 11.7 Å². The average molecular weight is 193 g/mol. The van der Waals surface area contributed by atoms with Crippen molar-refractivity contribution >= 4 is 11.4 Å². The maximum absolute atomic E-state index is 11.9. The second-order valence-corrected chi connectivity index (χ2v) is 2.98. The molecule has 0 saturated heterocycles. The fourth-order valence-corrected chi connectivity index (χ4v) is 0.895. The standard InChI is InChI=1S/C4H10F3NO2S/c1-9-3-8(4-10-2)11(5,6)7/h3-4H2,1-2H3. The third-order valence-corrected chi connectivity index (χ3v) is 1.64. The monoisotopic (exact) mass is 193 g/mol. The van der Waals surface area contributed by atoms with Crippen molar-refractivity contribution in [3.05, 3.63) is 0 Å². The van der Waals surface area contributed by atoms with Crippen LogP contribution in [0.1, 0.15) is 0 Å². The first-order valence-corrected chi connectivity index (χ1v) is 3.96. The van der Waals surface area contributed by atoms with Gasteiger partial charge in [0, 0.05) is 14.2 Å². The van der Waals surface area contributed by atoms with Crippen LogP contribution in [-0.4, -0.2) is 32.0 Å². The molecule has 0 radical (unpaired) electrons. The van der Waals surface area contributed by atoms with E-state index in [1.54, 1.807) is 0 Å². The van der Waals surface area contributed by atoms with Gasteiger partial charge in [-0.1, -0.05) is 0 Å². The number of hydrogen-bond acceptors (Lipinski definition) is 3. The Labute approximate surface area is 65.4 Å². The average Bonchev–Trinajstić information content (AvgIpc) is 1.85. The van der Waals surface area contributed by atoms with Crippen LogP contribution < -0.4 is 0 Å². The molecule has 0 aromatic heterocycles. The molecule has 0 amide bonds. The normalized spacial score (nSPS) is 14.0. The van der Waals surface area contributed by atoms with E-state index in [1.165, 1.54) is 14.2 Å². The van der Waals surface area contributed by atoms with Crippen LogP contribution >= 0.6 is 11.4 Å². The van der Waals surface area contributed by atoms with Gasteiger partial charge in [-0.2, -0.15) is 0 Å². The molecule has 70 valence electrons. The van der Waals surface area contributed by atoms with Gasteiger partial charge < -0.3 is 9.47 Å². The fraction of sp³-hybridized carbons (Fsp3) is 1.00. The van der Waals surface area contributed by atoms with Gasteiger partial charge in [0.15, 0.2) is 0 Å². The lowest BCUT2D eigenvalue weighted by atomic mass is 11.1. The van der Waals surface area contributed by atoms with Crippen LogP contribution in [0.4, 0.5) is 11.7 Å². The molecular weight excluding hydrogens is 183 g/mol. The lowest BCUT2D eigenvalue weighted by Crippen LogP contribution is -2.25. The molecule has 0 atom stereocenters. The number of hydrogen-bond donors (Lipinski definition) is 0. The zero-order valence-corrected chi connectivity index (χ0v) is 7.04. The van der Waals surface area contributed by atoms with Crippen LogP contribution in [0.25, 0.3) is 0 Å². The van der Waals surface area contributed by atoms with Gasteiger partial charge in [0.25, 0.3) is 11.4 Å². The Morgan fingerprint density at radius 2 is 1.45 bits per heavy atom. The minimum atomic E-state index is -5.21. The van der Waals surface area contributed by atoms with E-state index in [1.807, 2.05) is 0 Å². The fourth-order valence-electron chi connectivity index (χ4n) is 0.445. The highest BCUT2D eigenvalue weighted by Gasteiger charge is 2.31. The summed E-state index contributed by atoms with van der Waals surface area (Å²) >= 11 is -5.21. The Balaban J connectivity index is 3.88. The predicted octanol–water partition coefficient (Wildman–Crippen LogP) is 1.87. The van der Waals surface area contributed by atoms with Crippen LogP contribution in [-0.2, 0) is 9.47 Å². The SMILES string of the molecule is COCN(COC)S(F)(F)F. The van der Waals surface area contributed by atoms with E-state index in [0.717, 1.165) is 0 Å². The maximum Gasteiger partial charge on any atom is 0.282 e. The number of halogens is 3. The Hall–Kier alpha value is 0.0200. The van der Waals surface area contributed by atoms with Gasteiger partial charge in [0.05, 0.1) is 0 Å². The van der Waals surface area contributed by atoms with Crippen LogP contribution in [0.2, 0.25) is 0 Å². The predicted molar refractivity (Wildman–Crippen MR) is 36.5 cm³/mol. The van der Waals surface area contributed by atoms with Crippen molar-refractivity contribution in [3.63, 3.8) is 0 Å². The van der Waals surface area contributed by atoms with Gasteiger partial charge in [-0.25, -0.2) is 0 Å². The smallest absolute Gasteiger partial charge is 0.282 e. The maximum atomic E-state index is 11.9. The Kier molecular flexibility index (Phi) is 4.82. The second-order valence-electron chi connectivity index (χ2n) is 1.70. The van der Waals surface area contributed by atoms with E-state index < -0.39 is 24.8 Å². The van der Waals surface area contributed by atoms with Crippen molar-refractivity contribution in [3.8, 4) is 0 Å². The number of ether oxygens (including phenoxy) is 2. The quantitative estimate of drug-likeness (QED) is 0.622. The van der Waals surface area contributed by atoms with E-state index in [2.05, 4.69) is 9.47 Å². The Morgan fingerprint density at radius 1 is 1.09 bits per heavy atom. The van der Waals surface area contributed by atoms with Crippen LogP contribution in [0, 0.1) is 0 Å². The molecule has 0 heterocycles. The third kappa shape index (κ3) is 4.46. The van der Waals surface area contributed by atoms with Crippen LogP contribution in [0.3, 0.4) is 0 Å². The minimum Gasteiger partial charge on any atom is -0.368 e. The highest BCUT2D eigenvalue weighted by molar-refractivity contribution is 8.18. The largest absolute Gasteiger partial charge is 0.368 e. The van der Waals surface area contributed by atoms with Crippen LogP contribution in [0.15, 0.2) is 0 Å². The first-order valence-electron chi connectivity index (χ1n) is 2.67. The van der Waals surface area contributed by atoms with E-state index in [-0.39, 0.29) is 4.31 Å². The summed E-state index contributed by atoms with van der Waals surface area (Å²) in [4.78, 5) is 0. The molecule has 0 aliphatic rings. The molecule has 0 rings (SSSR count). The molecule has 0 unspecified atom stereocenters. The topological polar surface area (TPSA) is 21.7 Å². The summed E-state index contributed by atoms with van der Waals surface area (Å²) in [5.41, 5.74) is 0. The molecule has 3 nitrogen and oxygen atoms in total. The lowest BCUT2D eigenvalue weighted by molar-refractivity contribution is 0.0354. The molecule has 0 bridgehead atoms. The lowest BCUT2D eigenvalue weighted by Gasteiger charge is -2.24. The van der Waals surface area contributed by atoms with E-state index in [0.29, 0.717) is 0 Å². The van der Waals surface area contributed by atoms with E-state index >= 15 is 0 Å². The van der Waals surface area contributed by atoms with Gasteiger partial charge in [-0.15, -0.1) is 16.0 Å². The second kappa shape index (κ2) is 4.81. The molecular formula is C4H10F3NO2S. The Morgan fingerprint density at radius 3 is 1.64 bits per heavy atom. The highest BCUT2D eigenvalue weighted by Crippen LogP contribution is 2.56. The van der Waals surface area contributed by atoms with Crippen molar-refractivity contribution in [2.24, 2.45) is 0 Å². The number of rotatable bonds is 5. The molecule has 0 aromatic rings. The molecule has 0 N–H and O–H groups in total. The summed E-state index contributed by atoms with van der Waals surface area (Å²) < 4.78 is 44.7.